The SMILES string of the molecule is Cn1cc(-c2ccncc2)c(C2CNCCO2)n1. The van der Waals surface area contributed by atoms with Crippen LogP contribution in [0.5, 0.6) is 0 Å². The Kier molecular flexibility index (Phi) is 3.08. The lowest BCUT2D eigenvalue weighted by atomic mass is 10.0. The first kappa shape index (κ1) is 11.4. The molecule has 1 saturated heterocycles. The van der Waals surface area contributed by atoms with E-state index in [2.05, 4.69) is 15.4 Å². The number of rotatable bonds is 2. The molecule has 1 fully saturated rings. The molecule has 0 bridgehead atoms. The number of ether oxygens (including phenoxy) is 1. The molecule has 2 aromatic heterocycles. The lowest BCUT2D eigenvalue weighted by Crippen LogP contribution is -2.33. The van der Waals surface area contributed by atoms with E-state index in [0.717, 1.165) is 36.5 Å². The van der Waals surface area contributed by atoms with E-state index < -0.39 is 0 Å². The molecule has 5 nitrogen and oxygen atoms in total. The molecule has 0 amide bonds. The first-order valence-corrected chi connectivity index (χ1v) is 6.11. The Bertz CT molecular complexity index is 517. The third-order valence-corrected chi connectivity index (χ3v) is 3.08. The lowest BCUT2D eigenvalue weighted by Gasteiger charge is -2.23. The van der Waals surface area contributed by atoms with E-state index in [1.165, 1.54) is 0 Å². The molecule has 0 saturated carbocycles. The normalized spacial score (nSPS) is 19.9. The van der Waals surface area contributed by atoms with Gasteiger partial charge in [0, 0.05) is 44.3 Å². The predicted molar refractivity (Wildman–Crippen MR) is 68.0 cm³/mol. The van der Waals surface area contributed by atoms with Gasteiger partial charge in [0.05, 0.1) is 6.61 Å². The molecule has 0 aromatic carbocycles. The third kappa shape index (κ3) is 2.14. The second kappa shape index (κ2) is 4.88. The van der Waals surface area contributed by atoms with E-state index in [1.54, 1.807) is 12.4 Å². The maximum absolute atomic E-state index is 5.79. The highest BCUT2D eigenvalue weighted by Crippen LogP contribution is 2.29. The summed E-state index contributed by atoms with van der Waals surface area (Å²) in [5.74, 6) is 0. The second-order valence-corrected chi connectivity index (χ2v) is 4.40. The van der Waals surface area contributed by atoms with Crippen LogP contribution in [0.4, 0.5) is 0 Å². The summed E-state index contributed by atoms with van der Waals surface area (Å²) in [7, 11) is 1.93. The molecule has 2 aromatic rings. The minimum Gasteiger partial charge on any atom is -0.369 e. The summed E-state index contributed by atoms with van der Waals surface area (Å²) < 4.78 is 7.62. The molecule has 1 unspecified atom stereocenters. The van der Waals surface area contributed by atoms with E-state index in [0.29, 0.717) is 0 Å². The molecular formula is C13H16N4O. The van der Waals surface area contributed by atoms with Crippen molar-refractivity contribution in [2.24, 2.45) is 7.05 Å². The molecule has 1 aliphatic heterocycles. The molecule has 18 heavy (non-hydrogen) atoms. The Morgan fingerprint density at radius 2 is 2.22 bits per heavy atom. The van der Waals surface area contributed by atoms with E-state index in [9.17, 15) is 0 Å². The molecule has 94 valence electrons. The van der Waals surface area contributed by atoms with Crippen molar-refractivity contribution in [1.82, 2.24) is 20.1 Å². The summed E-state index contributed by atoms with van der Waals surface area (Å²) in [5, 5.41) is 7.88. The summed E-state index contributed by atoms with van der Waals surface area (Å²) in [6.45, 7) is 2.46. The summed E-state index contributed by atoms with van der Waals surface area (Å²) in [6.07, 6.45) is 5.66. The third-order valence-electron chi connectivity index (χ3n) is 3.08. The molecule has 0 aliphatic carbocycles. The standard InChI is InChI=1S/C13H16N4O/c1-17-9-11(10-2-4-14-5-3-10)13(16-17)12-8-15-6-7-18-12/h2-5,9,12,15H,6-8H2,1H3. The molecule has 1 N–H and O–H groups in total. The number of nitrogens with one attached hydrogen (secondary N) is 1. The van der Waals surface area contributed by atoms with Crippen LogP contribution in [0, 0.1) is 0 Å². The van der Waals surface area contributed by atoms with Crippen LogP contribution in [0.2, 0.25) is 0 Å². The number of morpholine rings is 1. The van der Waals surface area contributed by atoms with E-state index >= 15 is 0 Å². The highest BCUT2D eigenvalue weighted by molar-refractivity contribution is 5.65. The largest absolute Gasteiger partial charge is 0.369 e. The Morgan fingerprint density at radius 3 is 2.94 bits per heavy atom. The fraction of sp³-hybridized carbons (Fsp3) is 0.385. The Balaban J connectivity index is 1.99. The summed E-state index contributed by atoms with van der Waals surface area (Å²) in [5.41, 5.74) is 3.24. The zero-order chi connectivity index (χ0) is 12.4. The fourth-order valence-electron chi connectivity index (χ4n) is 2.24. The van der Waals surface area contributed by atoms with E-state index in [4.69, 9.17) is 4.74 Å². The van der Waals surface area contributed by atoms with Crippen LogP contribution in [-0.2, 0) is 11.8 Å². The van der Waals surface area contributed by atoms with Gasteiger partial charge in [-0.15, -0.1) is 0 Å². The van der Waals surface area contributed by atoms with Gasteiger partial charge >= 0.3 is 0 Å². The molecule has 3 rings (SSSR count). The van der Waals surface area contributed by atoms with Crippen LogP contribution in [-0.4, -0.2) is 34.5 Å². The van der Waals surface area contributed by atoms with Gasteiger partial charge in [0.2, 0.25) is 0 Å². The zero-order valence-electron chi connectivity index (χ0n) is 10.3. The van der Waals surface area contributed by atoms with Crippen molar-refractivity contribution in [2.75, 3.05) is 19.7 Å². The number of aryl methyl sites for hydroxylation is 1. The average Bonchev–Trinajstić information content (AvgIpc) is 2.83. The lowest BCUT2D eigenvalue weighted by molar-refractivity contribution is 0.0250. The van der Waals surface area contributed by atoms with Crippen molar-refractivity contribution >= 4 is 0 Å². The first-order chi connectivity index (χ1) is 8.84. The minimum absolute atomic E-state index is 0.0307. The van der Waals surface area contributed by atoms with Crippen molar-refractivity contribution in [2.45, 2.75) is 6.10 Å². The number of pyridine rings is 1. The van der Waals surface area contributed by atoms with Gasteiger partial charge in [0.25, 0.3) is 0 Å². The Morgan fingerprint density at radius 1 is 1.39 bits per heavy atom. The van der Waals surface area contributed by atoms with Crippen molar-refractivity contribution in [3.05, 3.63) is 36.4 Å². The van der Waals surface area contributed by atoms with Gasteiger partial charge in [-0.25, -0.2) is 0 Å². The van der Waals surface area contributed by atoms with Crippen molar-refractivity contribution in [3.63, 3.8) is 0 Å². The fourth-order valence-corrected chi connectivity index (χ4v) is 2.24. The van der Waals surface area contributed by atoms with Gasteiger partial charge in [-0.3, -0.25) is 9.67 Å². The van der Waals surface area contributed by atoms with Crippen molar-refractivity contribution < 1.29 is 4.74 Å². The summed E-state index contributed by atoms with van der Waals surface area (Å²) >= 11 is 0. The average molecular weight is 244 g/mol. The summed E-state index contributed by atoms with van der Waals surface area (Å²) in [6, 6.07) is 3.99. The van der Waals surface area contributed by atoms with E-state index in [-0.39, 0.29) is 6.10 Å². The monoisotopic (exact) mass is 244 g/mol. The molecule has 3 heterocycles. The highest BCUT2D eigenvalue weighted by Gasteiger charge is 2.22. The van der Waals surface area contributed by atoms with Gasteiger partial charge in [-0.1, -0.05) is 0 Å². The summed E-state index contributed by atoms with van der Waals surface area (Å²) in [4.78, 5) is 4.05. The smallest absolute Gasteiger partial charge is 0.114 e. The maximum Gasteiger partial charge on any atom is 0.114 e. The van der Waals surface area contributed by atoms with E-state index in [1.807, 2.05) is 30.1 Å². The Hall–Kier alpha value is -1.72. The number of hydrogen-bond acceptors (Lipinski definition) is 4. The van der Waals surface area contributed by atoms with Gasteiger partial charge in [0.1, 0.15) is 11.8 Å². The number of hydrogen-bond donors (Lipinski definition) is 1. The molecule has 0 radical (unpaired) electrons. The topological polar surface area (TPSA) is 52.0 Å². The maximum atomic E-state index is 5.79. The zero-order valence-corrected chi connectivity index (χ0v) is 10.3. The predicted octanol–water partition coefficient (Wildman–Crippen LogP) is 1.14. The van der Waals surface area contributed by atoms with Gasteiger partial charge in [0.15, 0.2) is 0 Å². The van der Waals surface area contributed by atoms with Gasteiger partial charge in [-0.05, 0) is 17.7 Å². The van der Waals surface area contributed by atoms with Crippen LogP contribution in [0.15, 0.2) is 30.7 Å². The van der Waals surface area contributed by atoms with Crippen LogP contribution in [0.3, 0.4) is 0 Å². The molecule has 1 aliphatic rings. The van der Waals surface area contributed by atoms with Crippen LogP contribution in [0.1, 0.15) is 11.8 Å². The van der Waals surface area contributed by atoms with Crippen LogP contribution >= 0.6 is 0 Å². The molecule has 5 heteroatoms. The van der Waals surface area contributed by atoms with Crippen LogP contribution in [0.25, 0.3) is 11.1 Å². The number of aromatic nitrogens is 3. The quantitative estimate of drug-likeness (QED) is 0.860. The number of nitrogens with zero attached hydrogens (tertiary/aromatic N) is 3. The van der Waals surface area contributed by atoms with Crippen LogP contribution < -0.4 is 5.32 Å². The molecule has 1 atom stereocenters. The van der Waals surface area contributed by atoms with Gasteiger partial charge < -0.3 is 10.1 Å². The minimum atomic E-state index is 0.0307. The van der Waals surface area contributed by atoms with Crippen molar-refractivity contribution in [1.29, 1.82) is 0 Å². The van der Waals surface area contributed by atoms with Crippen molar-refractivity contribution in [3.8, 4) is 11.1 Å². The Labute approximate surface area is 106 Å². The second-order valence-electron chi connectivity index (χ2n) is 4.40. The van der Waals surface area contributed by atoms with Gasteiger partial charge in [-0.2, -0.15) is 5.10 Å². The molecule has 0 spiro atoms. The highest BCUT2D eigenvalue weighted by atomic mass is 16.5. The first-order valence-electron chi connectivity index (χ1n) is 6.11. The molecular weight excluding hydrogens is 228 g/mol.